The average Bonchev–Trinajstić information content (AvgIpc) is 2.93. The van der Waals surface area contributed by atoms with Gasteiger partial charge >= 0.3 is 0 Å². The molecule has 3 atom stereocenters. The van der Waals surface area contributed by atoms with E-state index in [0.717, 1.165) is 26.1 Å². The van der Waals surface area contributed by atoms with Crippen molar-refractivity contribution in [2.24, 2.45) is 0 Å². The summed E-state index contributed by atoms with van der Waals surface area (Å²) >= 11 is 0. The minimum atomic E-state index is -0.106. The van der Waals surface area contributed by atoms with Crippen molar-refractivity contribution in [1.29, 1.82) is 0 Å². The van der Waals surface area contributed by atoms with E-state index in [4.69, 9.17) is 9.47 Å². The molecule has 1 unspecified atom stereocenters. The summed E-state index contributed by atoms with van der Waals surface area (Å²) in [5, 5.41) is 3.35. The molecule has 0 aromatic heterocycles. The molecule has 2 aliphatic rings. The molecule has 2 rings (SSSR count). The second-order valence-electron chi connectivity index (χ2n) is 6.91. The van der Waals surface area contributed by atoms with E-state index in [1.165, 1.54) is 19.4 Å². The third-order valence-electron chi connectivity index (χ3n) is 4.02. The quantitative estimate of drug-likeness (QED) is 0.823. The topological polar surface area (TPSA) is 33.7 Å². The summed E-state index contributed by atoms with van der Waals surface area (Å²) in [6, 6.07) is 0.508. The zero-order valence-electron chi connectivity index (χ0n) is 12.9. The smallest absolute Gasteiger partial charge is 0.0970 e. The molecule has 2 heterocycles. The first-order chi connectivity index (χ1) is 8.96. The maximum atomic E-state index is 6.26. The van der Waals surface area contributed by atoms with Crippen molar-refractivity contribution < 1.29 is 9.47 Å². The minimum absolute atomic E-state index is 0.106. The van der Waals surface area contributed by atoms with Crippen LogP contribution >= 0.6 is 0 Å². The number of rotatable bonds is 5. The molecule has 4 heteroatoms. The molecule has 0 radical (unpaired) electrons. The summed E-state index contributed by atoms with van der Waals surface area (Å²) in [5.41, 5.74) is -0.106. The molecule has 0 amide bonds. The van der Waals surface area contributed by atoms with Gasteiger partial charge < -0.3 is 19.7 Å². The lowest BCUT2D eigenvalue weighted by molar-refractivity contribution is -0.125. The van der Waals surface area contributed by atoms with Crippen molar-refractivity contribution in [2.45, 2.75) is 63.9 Å². The fourth-order valence-corrected chi connectivity index (χ4v) is 3.08. The third-order valence-corrected chi connectivity index (χ3v) is 4.02. The van der Waals surface area contributed by atoms with Gasteiger partial charge in [-0.25, -0.2) is 0 Å². The highest BCUT2D eigenvalue weighted by atomic mass is 16.6. The fraction of sp³-hybridized carbons (Fsp3) is 1.00. The summed E-state index contributed by atoms with van der Waals surface area (Å²) in [5.74, 6) is 0. The molecule has 0 bridgehead atoms. The Morgan fingerprint density at radius 3 is 2.63 bits per heavy atom. The monoisotopic (exact) mass is 270 g/mol. The third kappa shape index (κ3) is 4.71. The molecule has 0 aromatic carbocycles. The normalized spacial score (nSPS) is 30.9. The van der Waals surface area contributed by atoms with Crippen molar-refractivity contribution in [3.63, 3.8) is 0 Å². The average molecular weight is 270 g/mol. The van der Waals surface area contributed by atoms with Gasteiger partial charge in [-0.1, -0.05) is 0 Å². The number of nitrogens with zero attached hydrogens (tertiary/aromatic N) is 1. The molecule has 2 fully saturated rings. The highest BCUT2D eigenvalue weighted by molar-refractivity contribution is 4.86. The van der Waals surface area contributed by atoms with Gasteiger partial charge in [0, 0.05) is 12.6 Å². The van der Waals surface area contributed by atoms with Crippen LogP contribution in [0.5, 0.6) is 0 Å². The summed E-state index contributed by atoms with van der Waals surface area (Å²) in [6.45, 7) is 10.4. The molecular weight excluding hydrogens is 240 g/mol. The Bertz CT molecular complexity index is 272. The Labute approximate surface area is 117 Å². The maximum absolute atomic E-state index is 6.26. The van der Waals surface area contributed by atoms with Crippen LogP contribution in [-0.2, 0) is 9.47 Å². The lowest BCUT2D eigenvalue weighted by Crippen LogP contribution is -2.45. The first-order valence-electron chi connectivity index (χ1n) is 7.66. The SMILES string of the molecule is CN1CCC[C@H]1[C@@H](COC1CCNC1)OC(C)(C)C. The molecule has 4 nitrogen and oxygen atoms in total. The molecule has 2 saturated heterocycles. The second kappa shape index (κ2) is 6.53. The van der Waals surface area contributed by atoms with Gasteiger partial charge in [-0.15, -0.1) is 0 Å². The molecule has 0 aromatic rings. The number of ether oxygens (including phenoxy) is 2. The van der Waals surface area contributed by atoms with Crippen LogP contribution in [0.4, 0.5) is 0 Å². The zero-order valence-corrected chi connectivity index (χ0v) is 12.9. The van der Waals surface area contributed by atoms with E-state index in [0.29, 0.717) is 12.1 Å². The highest BCUT2D eigenvalue weighted by Crippen LogP contribution is 2.24. The van der Waals surface area contributed by atoms with E-state index in [-0.39, 0.29) is 11.7 Å². The molecule has 1 N–H and O–H groups in total. The maximum Gasteiger partial charge on any atom is 0.0970 e. The number of likely N-dealkylation sites (N-methyl/N-ethyl adjacent to an activating group) is 1. The Balaban J connectivity index is 1.89. The van der Waals surface area contributed by atoms with Crippen LogP contribution in [0.3, 0.4) is 0 Å². The predicted octanol–water partition coefficient (Wildman–Crippen LogP) is 1.64. The van der Waals surface area contributed by atoms with Crippen LogP contribution in [-0.4, -0.2) is 62.0 Å². The van der Waals surface area contributed by atoms with E-state index in [9.17, 15) is 0 Å². The van der Waals surface area contributed by atoms with Crippen molar-refractivity contribution in [1.82, 2.24) is 10.2 Å². The van der Waals surface area contributed by atoms with Crippen molar-refractivity contribution >= 4 is 0 Å². The zero-order chi connectivity index (χ0) is 13.9. The lowest BCUT2D eigenvalue weighted by atomic mass is 10.1. The first kappa shape index (κ1) is 15.2. The van der Waals surface area contributed by atoms with Gasteiger partial charge in [-0.3, -0.25) is 0 Å². The molecule has 19 heavy (non-hydrogen) atoms. The van der Waals surface area contributed by atoms with E-state index >= 15 is 0 Å². The summed E-state index contributed by atoms with van der Waals surface area (Å²) in [4.78, 5) is 2.42. The first-order valence-corrected chi connectivity index (χ1v) is 7.66. The van der Waals surface area contributed by atoms with E-state index < -0.39 is 0 Å². The van der Waals surface area contributed by atoms with Gasteiger partial charge in [0.2, 0.25) is 0 Å². The number of hydrogen-bond donors (Lipinski definition) is 1. The molecule has 112 valence electrons. The predicted molar refractivity (Wildman–Crippen MR) is 77.5 cm³/mol. The number of nitrogens with one attached hydrogen (secondary N) is 1. The Hall–Kier alpha value is -0.160. The lowest BCUT2D eigenvalue weighted by Gasteiger charge is -2.35. The Kier molecular flexibility index (Phi) is 5.23. The van der Waals surface area contributed by atoms with Crippen molar-refractivity contribution in [3.05, 3.63) is 0 Å². The second-order valence-corrected chi connectivity index (χ2v) is 6.91. The molecule has 0 saturated carbocycles. The molecular formula is C15H30N2O2. The van der Waals surface area contributed by atoms with Crippen LogP contribution < -0.4 is 5.32 Å². The Morgan fingerprint density at radius 1 is 1.32 bits per heavy atom. The summed E-state index contributed by atoms with van der Waals surface area (Å²) in [6.07, 6.45) is 4.19. The van der Waals surface area contributed by atoms with Gasteiger partial charge in [0.05, 0.1) is 24.4 Å². The van der Waals surface area contributed by atoms with Gasteiger partial charge in [0.15, 0.2) is 0 Å². The standard InChI is InChI=1S/C15H30N2O2/c1-15(2,3)19-14(13-6-5-9-17(13)4)11-18-12-7-8-16-10-12/h12-14,16H,5-11H2,1-4H3/t12?,13-,14+/m0/s1. The van der Waals surface area contributed by atoms with E-state index in [1.54, 1.807) is 0 Å². The Morgan fingerprint density at radius 2 is 2.11 bits per heavy atom. The van der Waals surface area contributed by atoms with Gasteiger partial charge in [-0.2, -0.15) is 0 Å². The fourth-order valence-electron chi connectivity index (χ4n) is 3.08. The van der Waals surface area contributed by atoms with Gasteiger partial charge in [0.25, 0.3) is 0 Å². The van der Waals surface area contributed by atoms with Gasteiger partial charge in [0.1, 0.15) is 0 Å². The minimum Gasteiger partial charge on any atom is -0.374 e. The van der Waals surface area contributed by atoms with Crippen LogP contribution in [0.15, 0.2) is 0 Å². The molecule has 0 spiro atoms. The highest BCUT2D eigenvalue weighted by Gasteiger charge is 2.33. The van der Waals surface area contributed by atoms with Crippen LogP contribution in [0.2, 0.25) is 0 Å². The van der Waals surface area contributed by atoms with Crippen LogP contribution in [0, 0.1) is 0 Å². The molecule has 2 aliphatic heterocycles. The van der Waals surface area contributed by atoms with Gasteiger partial charge in [-0.05, 0) is 60.2 Å². The summed E-state index contributed by atoms with van der Waals surface area (Å²) in [7, 11) is 2.20. The largest absolute Gasteiger partial charge is 0.374 e. The van der Waals surface area contributed by atoms with Crippen molar-refractivity contribution in [3.8, 4) is 0 Å². The van der Waals surface area contributed by atoms with Crippen molar-refractivity contribution in [2.75, 3.05) is 33.3 Å². The van der Waals surface area contributed by atoms with Crippen LogP contribution in [0.25, 0.3) is 0 Å². The summed E-state index contributed by atoms with van der Waals surface area (Å²) < 4.78 is 12.3. The van der Waals surface area contributed by atoms with Crippen LogP contribution in [0.1, 0.15) is 40.0 Å². The number of likely N-dealkylation sites (tertiary alicyclic amines) is 1. The van der Waals surface area contributed by atoms with E-state index in [1.807, 2.05) is 0 Å². The van der Waals surface area contributed by atoms with E-state index in [2.05, 4.69) is 38.0 Å². The molecule has 0 aliphatic carbocycles. The number of hydrogen-bond acceptors (Lipinski definition) is 4.